The third kappa shape index (κ3) is 5.86. The van der Waals surface area contributed by atoms with Gasteiger partial charge in [-0.2, -0.15) is 5.10 Å². The van der Waals surface area contributed by atoms with Gasteiger partial charge in [0, 0.05) is 23.4 Å². The molecule has 0 unspecified atom stereocenters. The van der Waals surface area contributed by atoms with Crippen LogP contribution in [-0.2, 0) is 13.1 Å². The SMILES string of the molecule is CCOc1cc(C(=O)NCc2c(C)nn(Cc3ccccc3)c2C)cc(OCC)c1OCC. The summed E-state index contributed by atoms with van der Waals surface area (Å²) in [6.45, 7) is 12.1. The van der Waals surface area contributed by atoms with Gasteiger partial charge in [0.05, 0.1) is 32.1 Å². The van der Waals surface area contributed by atoms with Crippen molar-refractivity contribution < 1.29 is 19.0 Å². The van der Waals surface area contributed by atoms with Crippen molar-refractivity contribution >= 4 is 5.91 Å². The van der Waals surface area contributed by atoms with Crippen molar-refractivity contribution in [2.75, 3.05) is 19.8 Å². The molecule has 0 atom stereocenters. The second-order valence-electron chi connectivity index (χ2n) is 7.58. The van der Waals surface area contributed by atoms with Gasteiger partial charge < -0.3 is 19.5 Å². The van der Waals surface area contributed by atoms with E-state index in [0.29, 0.717) is 55.7 Å². The molecule has 1 amide bonds. The molecule has 0 fully saturated rings. The zero-order chi connectivity index (χ0) is 23.8. The van der Waals surface area contributed by atoms with Gasteiger partial charge in [-0.25, -0.2) is 0 Å². The van der Waals surface area contributed by atoms with Crippen molar-refractivity contribution in [2.24, 2.45) is 0 Å². The molecule has 3 aromatic rings. The lowest BCUT2D eigenvalue weighted by Gasteiger charge is -2.17. The number of aromatic nitrogens is 2. The first-order valence-electron chi connectivity index (χ1n) is 11.4. The highest BCUT2D eigenvalue weighted by Gasteiger charge is 2.19. The highest BCUT2D eigenvalue weighted by molar-refractivity contribution is 5.95. The number of benzene rings is 2. The third-order valence-electron chi connectivity index (χ3n) is 5.30. The predicted molar refractivity (Wildman–Crippen MR) is 128 cm³/mol. The lowest BCUT2D eigenvalue weighted by Crippen LogP contribution is -2.23. The van der Waals surface area contributed by atoms with Crippen LogP contribution >= 0.6 is 0 Å². The Balaban J connectivity index is 1.79. The van der Waals surface area contributed by atoms with Gasteiger partial charge in [0.2, 0.25) is 5.75 Å². The number of nitrogens with one attached hydrogen (secondary N) is 1. The Bertz CT molecular complexity index is 1050. The molecule has 0 saturated carbocycles. The van der Waals surface area contributed by atoms with E-state index in [1.54, 1.807) is 12.1 Å². The van der Waals surface area contributed by atoms with E-state index in [-0.39, 0.29) is 5.91 Å². The maximum Gasteiger partial charge on any atom is 0.251 e. The minimum absolute atomic E-state index is 0.213. The number of carbonyl (C=O) groups is 1. The van der Waals surface area contributed by atoms with Gasteiger partial charge in [0.15, 0.2) is 11.5 Å². The Labute approximate surface area is 195 Å². The van der Waals surface area contributed by atoms with Crippen LogP contribution in [-0.4, -0.2) is 35.5 Å². The maximum atomic E-state index is 13.0. The van der Waals surface area contributed by atoms with Crippen molar-refractivity contribution in [1.29, 1.82) is 0 Å². The van der Waals surface area contributed by atoms with Crippen molar-refractivity contribution in [3.05, 3.63) is 70.5 Å². The lowest BCUT2D eigenvalue weighted by molar-refractivity contribution is 0.0949. The average molecular weight is 452 g/mol. The van der Waals surface area contributed by atoms with Gasteiger partial charge >= 0.3 is 0 Å². The molecular formula is C26H33N3O4. The Kier molecular flexibility index (Phi) is 8.35. The fourth-order valence-electron chi connectivity index (χ4n) is 3.69. The summed E-state index contributed by atoms with van der Waals surface area (Å²) in [4.78, 5) is 13.0. The summed E-state index contributed by atoms with van der Waals surface area (Å²) >= 11 is 0. The fraction of sp³-hybridized carbons (Fsp3) is 0.385. The number of nitrogens with zero attached hydrogens (tertiary/aromatic N) is 2. The highest BCUT2D eigenvalue weighted by Crippen LogP contribution is 2.39. The summed E-state index contributed by atoms with van der Waals surface area (Å²) in [5.74, 6) is 1.30. The second kappa shape index (κ2) is 11.4. The molecule has 1 aromatic heterocycles. The van der Waals surface area contributed by atoms with Crippen LogP contribution in [0.5, 0.6) is 17.2 Å². The molecule has 0 aliphatic heterocycles. The Morgan fingerprint density at radius 1 is 0.939 bits per heavy atom. The summed E-state index contributed by atoms with van der Waals surface area (Å²) in [6.07, 6.45) is 0. The number of aryl methyl sites for hydroxylation is 1. The van der Waals surface area contributed by atoms with Crippen molar-refractivity contribution in [1.82, 2.24) is 15.1 Å². The molecule has 1 N–H and O–H groups in total. The molecule has 33 heavy (non-hydrogen) atoms. The molecule has 176 valence electrons. The molecule has 1 heterocycles. The first-order valence-corrected chi connectivity index (χ1v) is 11.4. The smallest absolute Gasteiger partial charge is 0.251 e. The van der Waals surface area contributed by atoms with E-state index in [1.807, 2.05) is 57.5 Å². The number of rotatable bonds is 11. The molecule has 0 spiro atoms. The molecule has 3 rings (SSSR count). The van der Waals surface area contributed by atoms with Gasteiger partial charge in [-0.1, -0.05) is 30.3 Å². The molecule has 2 aromatic carbocycles. The van der Waals surface area contributed by atoms with Crippen molar-refractivity contribution in [2.45, 2.75) is 47.7 Å². The van der Waals surface area contributed by atoms with Crippen molar-refractivity contribution in [3.63, 3.8) is 0 Å². The summed E-state index contributed by atoms with van der Waals surface area (Å²) in [6, 6.07) is 13.6. The molecule has 7 heteroatoms. The Hall–Kier alpha value is -3.48. The van der Waals surface area contributed by atoms with Crippen molar-refractivity contribution in [3.8, 4) is 17.2 Å². The van der Waals surface area contributed by atoms with Gasteiger partial charge in [-0.05, 0) is 52.3 Å². The first kappa shape index (κ1) is 24.2. The quantitative estimate of drug-likeness (QED) is 0.458. The molecule has 0 radical (unpaired) electrons. The number of amides is 1. The molecule has 0 bridgehead atoms. The number of carbonyl (C=O) groups excluding carboxylic acids is 1. The van der Waals surface area contributed by atoms with Crippen LogP contribution < -0.4 is 19.5 Å². The van der Waals surface area contributed by atoms with Gasteiger partial charge in [-0.15, -0.1) is 0 Å². The van der Waals surface area contributed by atoms with Gasteiger partial charge in [0.1, 0.15) is 0 Å². The third-order valence-corrected chi connectivity index (χ3v) is 5.30. The van der Waals surface area contributed by atoms with Gasteiger partial charge in [0.25, 0.3) is 5.91 Å². The maximum absolute atomic E-state index is 13.0. The van der Waals surface area contributed by atoms with E-state index < -0.39 is 0 Å². The summed E-state index contributed by atoms with van der Waals surface area (Å²) in [5.41, 5.74) is 4.59. The molecule has 0 saturated heterocycles. The summed E-state index contributed by atoms with van der Waals surface area (Å²) in [7, 11) is 0. The Morgan fingerprint density at radius 3 is 2.12 bits per heavy atom. The highest BCUT2D eigenvalue weighted by atomic mass is 16.5. The standard InChI is InChI=1S/C26H33N3O4/c1-6-31-23-14-21(15-24(32-7-2)25(23)33-8-3)26(30)27-16-22-18(4)28-29(19(22)5)17-20-12-10-9-11-13-20/h9-15H,6-8,16-17H2,1-5H3,(H,27,30). The van der Waals surface area contributed by atoms with E-state index in [4.69, 9.17) is 14.2 Å². The van der Waals surface area contributed by atoms with Crippen LogP contribution in [0, 0.1) is 13.8 Å². The average Bonchev–Trinajstić information content (AvgIpc) is 3.07. The van der Waals surface area contributed by atoms with E-state index in [1.165, 1.54) is 5.56 Å². The minimum atomic E-state index is -0.213. The van der Waals surface area contributed by atoms with E-state index in [2.05, 4.69) is 22.5 Å². The summed E-state index contributed by atoms with van der Waals surface area (Å²) in [5, 5.41) is 7.69. The largest absolute Gasteiger partial charge is 0.490 e. The van der Waals surface area contributed by atoms with E-state index in [9.17, 15) is 4.79 Å². The normalized spacial score (nSPS) is 10.7. The van der Waals surface area contributed by atoms with Crippen LogP contribution in [0.2, 0.25) is 0 Å². The second-order valence-corrected chi connectivity index (χ2v) is 7.58. The lowest BCUT2D eigenvalue weighted by atomic mass is 10.1. The van der Waals surface area contributed by atoms with Crippen LogP contribution in [0.25, 0.3) is 0 Å². The number of hydrogen-bond donors (Lipinski definition) is 1. The van der Waals surface area contributed by atoms with Crippen LogP contribution in [0.1, 0.15) is 53.6 Å². The topological polar surface area (TPSA) is 74.6 Å². The predicted octanol–water partition coefficient (Wildman–Crippen LogP) is 4.67. The zero-order valence-electron chi connectivity index (χ0n) is 20.1. The van der Waals surface area contributed by atoms with Crippen LogP contribution in [0.3, 0.4) is 0 Å². The zero-order valence-corrected chi connectivity index (χ0v) is 20.1. The van der Waals surface area contributed by atoms with E-state index in [0.717, 1.165) is 17.0 Å². The molecule has 0 aliphatic rings. The molecular weight excluding hydrogens is 418 g/mol. The van der Waals surface area contributed by atoms with Crippen LogP contribution in [0.15, 0.2) is 42.5 Å². The Morgan fingerprint density at radius 2 is 1.55 bits per heavy atom. The molecule has 7 nitrogen and oxygen atoms in total. The van der Waals surface area contributed by atoms with Crippen LogP contribution in [0.4, 0.5) is 0 Å². The number of ether oxygens (including phenoxy) is 3. The fourth-order valence-corrected chi connectivity index (χ4v) is 3.69. The van der Waals surface area contributed by atoms with Gasteiger partial charge in [-0.3, -0.25) is 9.48 Å². The first-order chi connectivity index (χ1) is 16.0. The van der Waals surface area contributed by atoms with E-state index >= 15 is 0 Å². The summed E-state index contributed by atoms with van der Waals surface area (Å²) < 4.78 is 19.2. The molecule has 0 aliphatic carbocycles. The minimum Gasteiger partial charge on any atom is -0.490 e. The number of hydrogen-bond acceptors (Lipinski definition) is 5. The monoisotopic (exact) mass is 451 g/mol.